The summed E-state index contributed by atoms with van der Waals surface area (Å²) in [5.74, 6) is 0.634. The average Bonchev–Trinajstić information content (AvgIpc) is 2.49. The standard InChI is InChI=1S/C9H14N4O/c1-6-5-13-4-3-7(10)8(14)12(2)9(13)11-6/h5,7H,3-4,10H2,1-2H3. The summed E-state index contributed by atoms with van der Waals surface area (Å²) in [6, 6.07) is -0.401. The molecule has 0 aliphatic carbocycles. The van der Waals surface area contributed by atoms with E-state index in [4.69, 9.17) is 5.73 Å². The molecule has 0 aromatic carbocycles. The van der Waals surface area contributed by atoms with E-state index in [2.05, 4.69) is 4.98 Å². The Bertz CT molecular complexity index is 371. The van der Waals surface area contributed by atoms with Crippen molar-refractivity contribution in [1.29, 1.82) is 0 Å². The smallest absolute Gasteiger partial charge is 0.246 e. The predicted molar refractivity (Wildman–Crippen MR) is 53.0 cm³/mol. The van der Waals surface area contributed by atoms with Crippen LogP contribution < -0.4 is 10.6 Å². The van der Waals surface area contributed by atoms with Gasteiger partial charge >= 0.3 is 0 Å². The van der Waals surface area contributed by atoms with Crippen LogP contribution >= 0.6 is 0 Å². The summed E-state index contributed by atoms with van der Waals surface area (Å²) in [5, 5.41) is 0. The fourth-order valence-corrected chi connectivity index (χ4v) is 1.72. The fourth-order valence-electron chi connectivity index (χ4n) is 1.72. The predicted octanol–water partition coefficient (Wildman–Crippen LogP) is -0.115. The normalized spacial score (nSPS) is 22.1. The lowest BCUT2D eigenvalue weighted by molar-refractivity contribution is -0.119. The highest BCUT2D eigenvalue weighted by Gasteiger charge is 2.26. The molecule has 2 rings (SSSR count). The van der Waals surface area contributed by atoms with Gasteiger partial charge in [-0.15, -0.1) is 0 Å². The first-order chi connectivity index (χ1) is 6.59. The maximum Gasteiger partial charge on any atom is 0.246 e. The number of nitrogens with zero attached hydrogens (tertiary/aromatic N) is 3. The van der Waals surface area contributed by atoms with Gasteiger partial charge in [-0.1, -0.05) is 0 Å². The molecule has 0 bridgehead atoms. The van der Waals surface area contributed by atoms with E-state index in [9.17, 15) is 4.79 Å². The van der Waals surface area contributed by atoms with Gasteiger partial charge in [0, 0.05) is 19.8 Å². The second-order valence-electron chi connectivity index (χ2n) is 3.67. The largest absolute Gasteiger partial charge is 0.320 e. The number of aromatic nitrogens is 2. The number of amides is 1. The molecule has 1 unspecified atom stereocenters. The van der Waals surface area contributed by atoms with Gasteiger partial charge in [0.25, 0.3) is 0 Å². The van der Waals surface area contributed by atoms with Gasteiger partial charge in [0.15, 0.2) is 0 Å². The van der Waals surface area contributed by atoms with Crippen LogP contribution in [0, 0.1) is 6.92 Å². The number of nitrogens with two attached hydrogens (primary N) is 1. The monoisotopic (exact) mass is 194 g/mol. The van der Waals surface area contributed by atoms with E-state index in [1.807, 2.05) is 17.7 Å². The SMILES string of the molecule is Cc1cn2c(n1)N(C)C(=O)C(N)CC2. The molecule has 1 aromatic heterocycles. The number of hydrogen-bond acceptors (Lipinski definition) is 3. The number of carbonyl (C=O) groups excluding carboxylic acids is 1. The molecule has 76 valence electrons. The molecule has 0 saturated carbocycles. The molecule has 2 N–H and O–H groups in total. The van der Waals surface area contributed by atoms with Gasteiger partial charge in [0.1, 0.15) is 0 Å². The minimum atomic E-state index is -0.401. The fraction of sp³-hybridized carbons (Fsp3) is 0.556. The number of likely N-dealkylation sites (N-methyl/N-ethyl adjacent to an activating group) is 1. The van der Waals surface area contributed by atoms with Gasteiger partial charge in [-0.25, -0.2) is 4.98 Å². The van der Waals surface area contributed by atoms with E-state index >= 15 is 0 Å². The molecule has 1 aliphatic heterocycles. The zero-order valence-electron chi connectivity index (χ0n) is 8.40. The third kappa shape index (κ3) is 1.29. The number of anilines is 1. The zero-order chi connectivity index (χ0) is 10.3. The Labute approximate surface area is 82.5 Å². The van der Waals surface area contributed by atoms with Crippen LogP contribution in [0.3, 0.4) is 0 Å². The van der Waals surface area contributed by atoms with Gasteiger partial charge in [-0.05, 0) is 13.3 Å². The molecule has 0 fully saturated rings. The van der Waals surface area contributed by atoms with Gasteiger partial charge in [0.2, 0.25) is 11.9 Å². The Morgan fingerprint density at radius 2 is 2.36 bits per heavy atom. The topological polar surface area (TPSA) is 64.2 Å². The van der Waals surface area contributed by atoms with Crippen molar-refractivity contribution in [2.75, 3.05) is 11.9 Å². The van der Waals surface area contributed by atoms with Crippen molar-refractivity contribution >= 4 is 11.9 Å². The molecule has 5 nitrogen and oxygen atoms in total. The maximum atomic E-state index is 11.7. The highest BCUT2D eigenvalue weighted by molar-refractivity contribution is 5.95. The molecule has 1 amide bonds. The van der Waals surface area contributed by atoms with Crippen molar-refractivity contribution in [3.63, 3.8) is 0 Å². The van der Waals surface area contributed by atoms with Crippen LogP contribution in [-0.2, 0) is 11.3 Å². The van der Waals surface area contributed by atoms with E-state index in [-0.39, 0.29) is 5.91 Å². The van der Waals surface area contributed by atoms with Crippen molar-refractivity contribution in [3.05, 3.63) is 11.9 Å². The molecular formula is C9H14N4O. The summed E-state index contributed by atoms with van der Waals surface area (Å²) in [5.41, 5.74) is 6.64. The van der Waals surface area contributed by atoms with E-state index in [0.717, 1.165) is 12.2 Å². The van der Waals surface area contributed by atoms with Crippen molar-refractivity contribution in [2.45, 2.75) is 25.9 Å². The third-order valence-electron chi connectivity index (χ3n) is 2.50. The number of aryl methyl sites for hydroxylation is 2. The van der Waals surface area contributed by atoms with Gasteiger partial charge in [-0.3, -0.25) is 9.69 Å². The number of fused-ring (bicyclic) bond motifs is 1. The van der Waals surface area contributed by atoms with E-state index in [1.165, 1.54) is 4.90 Å². The second-order valence-corrected chi connectivity index (χ2v) is 3.67. The number of rotatable bonds is 0. The maximum absolute atomic E-state index is 11.7. The minimum Gasteiger partial charge on any atom is -0.320 e. The Balaban J connectivity index is 2.43. The van der Waals surface area contributed by atoms with Crippen LogP contribution in [0.15, 0.2) is 6.20 Å². The average molecular weight is 194 g/mol. The van der Waals surface area contributed by atoms with Crippen molar-refractivity contribution < 1.29 is 4.79 Å². The summed E-state index contributed by atoms with van der Waals surface area (Å²) in [4.78, 5) is 17.5. The first-order valence-corrected chi connectivity index (χ1v) is 4.66. The first-order valence-electron chi connectivity index (χ1n) is 4.66. The lowest BCUT2D eigenvalue weighted by Gasteiger charge is -2.15. The number of carbonyl (C=O) groups is 1. The Hall–Kier alpha value is -1.36. The van der Waals surface area contributed by atoms with Crippen LogP contribution in [0.2, 0.25) is 0 Å². The molecule has 0 saturated heterocycles. The van der Waals surface area contributed by atoms with Gasteiger partial charge < -0.3 is 10.3 Å². The Kier molecular flexibility index (Phi) is 2.03. The highest BCUT2D eigenvalue weighted by atomic mass is 16.2. The lowest BCUT2D eigenvalue weighted by atomic mass is 10.2. The summed E-state index contributed by atoms with van der Waals surface area (Å²) in [6.07, 6.45) is 2.61. The molecule has 2 heterocycles. The third-order valence-corrected chi connectivity index (χ3v) is 2.50. The van der Waals surface area contributed by atoms with Gasteiger partial charge in [0.05, 0.1) is 11.7 Å². The second kappa shape index (κ2) is 3.09. The summed E-state index contributed by atoms with van der Waals surface area (Å²) >= 11 is 0. The highest BCUT2D eigenvalue weighted by Crippen LogP contribution is 2.18. The summed E-state index contributed by atoms with van der Waals surface area (Å²) < 4.78 is 1.97. The molecule has 1 atom stereocenters. The number of hydrogen-bond donors (Lipinski definition) is 1. The first kappa shape index (κ1) is 9.21. The van der Waals surface area contributed by atoms with Crippen LogP contribution in [0.1, 0.15) is 12.1 Å². The molecule has 0 radical (unpaired) electrons. The molecule has 0 spiro atoms. The summed E-state index contributed by atoms with van der Waals surface area (Å²) in [7, 11) is 1.71. The van der Waals surface area contributed by atoms with Crippen LogP contribution in [0.5, 0.6) is 0 Å². The Morgan fingerprint density at radius 3 is 3.07 bits per heavy atom. The van der Waals surface area contributed by atoms with Crippen LogP contribution in [0.4, 0.5) is 5.95 Å². The molecule has 1 aromatic rings. The molecular weight excluding hydrogens is 180 g/mol. The molecule has 1 aliphatic rings. The van der Waals surface area contributed by atoms with E-state index < -0.39 is 6.04 Å². The number of imidazole rings is 1. The van der Waals surface area contributed by atoms with Crippen LogP contribution in [0.25, 0.3) is 0 Å². The minimum absolute atomic E-state index is 0.0608. The quantitative estimate of drug-likeness (QED) is 0.626. The van der Waals surface area contributed by atoms with Crippen molar-refractivity contribution in [2.24, 2.45) is 5.73 Å². The van der Waals surface area contributed by atoms with Crippen LogP contribution in [-0.4, -0.2) is 28.5 Å². The molecule has 14 heavy (non-hydrogen) atoms. The Morgan fingerprint density at radius 1 is 1.64 bits per heavy atom. The van der Waals surface area contributed by atoms with Gasteiger partial charge in [-0.2, -0.15) is 0 Å². The zero-order valence-corrected chi connectivity index (χ0v) is 8.40. The van der Waals surface area contributed by atoms with E-state index in [1.54, 1.807) is 7.05 Å². The van der Waals surface area contributed by atoms with E-state index in [0.29, 0.717) is 12.4 Å². The lowest BCUT2D eigenvalue weighted by Crippen LogP contribution is -2.40. The summed E-state index contributed by atoms with van der Waals surface area (Å²) in [6.45, 7) is 2.67. The van der Waals surface area contributed by atoms with Crippen molar-refractivity contribution in [3.8, 4) is 0 Å². The molecule has 5 heteroatoms. The van der Waals surface area contributed by atoms with Crippen molar-refractivity contribution in [1.82, 2.24) is 9.55 Å².